The molecule has 6 unspecified atom stereocenters. The Labute approximate surface area is 98.5 Å². The van der Waals surface area contributed by atoms with E-state index < -0.39 is 6.10 Å². The maximum Gasteiger partial charge on any atom is 0.0860 e. The van der Waals surface area contributed by atoms with Gasteiger partial charge in [-0.2, -0.15) is 23.5 Å². The van der Waals surface area contributed by atoms with Crippen LogP contribution in [0.5, 0.6) is 0 Å². The summed E-state index contributed by atoms with van der Waals surface area (Å²) in [6, 6.07) is -0.0236. The van der Waals surface area contributed by atoms with Crippen LogP contribution in [-0.2, 0) is 4.74 Å². The zero-order valence-electron chi connectivity index (χ0n) is 8.70. The predicted molar refractivity (Wildman–Crippen MR) is 65.2 cm³/mol. The lowest BCUT2D eigenvalue weighted by atomic mass is 10.0. The Balaban J connectivity index is 2.04. The minimum Gasteiger partial charge on any atom is -0.390 e. The number of nitrogens with two attached hydrogens (primary N) is 2. The molecule has 2 fully saturated rings. The third kappa shape index (κ3) is 2.16. The van der Waals surface area contributed by atoms with Gasteiger partial charge in [-0.3, -0.25) is 0 Å². The smallest absolute Gasteiger partial charge is 0.0860 e. The highest BCUT2D eigenvalue weighted by Crippen LogP contribution is 2.40. The fraction of sp³-hybridized carbons (Fsp3) is 1.00. The zero-order chi connectivity index (χ0) is 11.0. The number of hydrogen-bond acceptors (Lipinski definition) is 6. The molecule has 6 heteroatoms. The number of aliphatic hydroxyl groups excluding tert-OH is 1. The molecule has 0 radical (unpaired) electrons. The summed E-state index contributed by atoms with van der Waals surface area (Å²) in [4.78, 5) is 0. The first kappa shape index (κ1) is 12.0. The summed E-state index contributed by atoms with van der Waals surface area (Å²) in [6.45, 7) is 0. The summed E-state index contributed by atoms with van der Waals surface area (Å²) in [6.07, 6.45) is -0.372. The second-order valence-corrected chi connectivity index (χ2v) is 6.54. The highest BCUT2D eigenvalue weighted by atomic mass is 32.2. The fourth-order valence-electron chi connectivity index (χ4n) is 2.20. The van der Waals surface area contributed by atoms with E-state index in [1.165, 1.54) is 0 Å². The number of rotatable bonds is 2. The minimum atomic E-state index is -0.421. The van der Waals surface area contributed by atoms with Gasteiger partial charge in [0.05, 0.1) is 12.2 Å². The first-order valence-corrected chi connectivity index (χ1v) is 7.20. The SMILES string of the molecule is COC1C(N)CSC1C1SCC(N)C1O. The van der Waals surface area contributed by atoms with Gasteiger partial charge in [0.2, 0.25) is 0 Å². The lowest BCUT2D eigenvalue weighted by Crippen LogP contribution is -2.46. The molecule has 88 valence electrons. The molecule has 0 aromatic heterocycles. The second kappa shape index (κ2) is 4.81. The molecule has 0 aliphatic carbocycles. The molecule has 2 aliphatic rings. The summed E-state index contributed by atoms with van der Waals surface area (Å²) >= 11 is 3.55. The van der Waals surface area contributed by atoms with Crippen molar-refractivity contribution in [1.29, 1.82) is 0 Å². The van der Waals surface area contributed by atoms with E-state index in [2.05, 4.69) is 0 Å². The van der Waals surface area contributed by atoms with Crippen LogP contribution in [0.25, 0.3) is 0 Å². The van der Waals surface area contributed by atoms with E-state index in [4.69, 9.17) is 16.2 Å². The molecule has 4 nitrogen and oxygen atoms in total. The average molecular weight is 250 g/mol. The Morgan fingerprint density at radius 2 is 1.73 bits per heavy atom. The van der Waals surface area contributed by atoms with Gasteiger partial charge in [-0.1, -0.05) is 0 Å². The fourth-order valence-corrected chi connectivity index (χ4v) is 5.54. The quantitative estimate of drug-likeness (QED) is 0.598. The molecule has 0 saturated carbocycles. The molecule has 15 heavy (non-hydrogen) atoms. The van der Waals surface area contributed by atoms with Crippen molar-refractivity contribution in [3.8, 4) is 0 Å². The number of thioether (sulfide) groups is 2. The maximum absolute atomic E-state index is 9.96. The Bertz CT molecular complexity index is 232. The van der Waals surface area contributed by atoms with Gasteiger partial charge in [-0.25, -0.2) is 0 Å². The predicted octanol–water partition coefficient (Wildman–Crippen LogP) is -0.752. The van der Waals surface area contributed by atoms with Crippen LogP contribution in [0.1, 0.15) is 0 Å². The molecule has 2 heterocycles. The average Bonchev–Trinajstić information content (AvgIpc) is 2.73. The minimum absolute atomic E-state index is 0.0486. The second-order valence-electron chi connectivity index (χ2n) is 4.11. The van der Waals surface area contributed by atoms with E-state index in [0.717, 1.165) is 11.5 Å². The Kier molecular flexibility index (Phi) is 3.85. The molecule has 0 aromatic carbocycles. The van der Waals surface area contributed by atoms with Crippen LogP contribution in [0.3, 0.4) is 0 Å². The third-order valence-electron chi connectivity index (χ3n) is 3.08. The molecular formula is C9H18N2O2S2. The third-order valence-corrected chi connectivity index (χ3v) is 6.31. The van der Waals surface area contributed by atoms with Crippen LogP contribution < -0.4 is 11.5 Å². The zero-order valence-corrected chi connectivity index (χ0v) is 10.3. The first-order chi connectivity index (χ1) is 7.15. The van der Waals surface area contributed by atoms with Crippen LogP contribution >= 0.6 is 23.5 Å². The maximum atomic E-state index is 9.96. The van der Waals surface area contributed by atoms with E-state index in [1.807, 2.05) is 0 Å². The van der Waals surface area contributed by atoms with Gasteiger partial charge in [-0.05, 0) is 0 Å². The van der Waals surface area contributed by atoms with E-state index in [1.54, 1.807) is 30.6 Å². The van der Waals surface area contributed by atoms with Crippen molar-refractivity contribution in [3.05, 3.63) is 0 Å². The topological polar surface area (TPSA) is 81.5 Å². The van der Waals surface area contributed by atoms with Gasteiger partial charge in [0.1, 0.15) is 0 Å². The van der Waals surface area contributed by atoms with Crippen molar-refractivity contribution in [2.45, 2.75) is 34.8 Å². The number of methoxy groups -OCH3 is 1. The number of hydrogen-bond donors (Lipinski definition) is 3. The molecule has 6 atom stereocenters. The van der Waals surface area contributed by atoms with Crippen LogP contribution in [0, 0.1) is 0 Å². The molecule has 0 bridgehead atoms. The highest BCUT2D eigenvalue weighted by molar-refractivity contribution is 8.04. The molecule has 0 amide bonds. The largest absolute Gasteiger partial charge is 0.390 e. The molecule has 2 saturated heterocycles. The number of aliphatic hydroxyl groups is 1. The van der Waals surface area contributed by atoms with E-state index in [0.29, 0.717) is 0 Å². The molecule has 2 rings (SSSR count). The van der Waals surface area contributed by atoms with Crippen LogP contribution in [0.2, 0.25) is 0 Å². The van der Waals surface area contributed by atoms with Gasteiger partial charge in [0.15, 0.2) is 0 Å². The summed E-state index contributed by atoms with van der Waals surface area (Å²) in [5.74, 6) is 1.73. The summed E-state index contributed by atoms with van der Waals surface area (Å²) in [5, 5.41) is 10.4. The van der Waals surface area contributed by atoms with Crippen molar-refractivity contribution < 1.29 is 9.84 Å². The summed E-state index contributed by atoms with van der Waals surface area (Å²) in [7, 11) is 1.69. The standard InChI is InChI=1S/C9H18N2O2S2/c1-13-7-5(11)3-15-9(7)8-6(12)4(10)2-14-8/h4-9,12H,2-3,10-11H2,1H3. The van der Waals surface area contributed by atoms with Crippen LogP contribution in [-0.4, -0.2) is 58.5 Å². The Morgan fingerprint density at radius 1 is 1.13 bits per heavy atom. The van der Waals surface area contributed by atoms with Gasteiger partial charge in [-0.15, -0.1) is 0 Å². The van der Waals surface area contributed by atoms with Crippen molar-refractivity contribution in [2.24, 2.45) is 11.5 Å². The lowest BCUT2D eigenvalue weighted by Gasteiger charge is -2.27. The Morgan fingerprint density at radius 3 is 2.27 bits per heavy atom. The van der Waals surface area contributed by atoms with Crippen molar-refractivity contribution in [2.75, 3.05) is 18.6 Å². The van der Waals surface area contributed by atoms with E-state index in [9.17, 15) is 5.11 Å². The highest BCUT2D eigenvalue weighted by Gasteiger charge is 2.46. The van der Waals surface area contributed by atoms with E-state index in [-0.39, 0.29) is 28.7 Å². The first-order valence-electron chi connectivity index (χ1n) is 5.10. The van der Waals surface area contributed by atoms with Crippen molar-refractivity contribution >= 4 is 23.5 Å². The van der Waals surface area contributed by atoms with Gasteiger partial charge >= 0.3 is 0 Å². The lowest BCUT2D eigenvalue weighted by molar-refractivity contribution is 0.0737. The van der Waals surface area contributed by atoms with Crippen molar-refractivity contribution in [1.82, 2.24) is 0 Å². The van der Waals surface area contributed by atoms with Crippen LogP contribution in [0.4, 0.5) is 0 Å². The summed E-state index contributed by atoms with van der Waals surface area (Å²) in [5.41, 5.74) is 11.8. The van der Waals surface area contributed by atoms with Gasteiger partial charge in [0.25, 0.3) is 0 Å². The monoisotopic (exact) mass is 250 g/mol. The number of ether oxygens (including phenoxy) is 1. The molecular weight excluding hydrogens is 232 g/mol. The van der Waals surface area contributed by atoms with Crippen LogP contribution in [0.15, 0.2) is 0 Å². The van der Waals surface area contributed by atoms with E-state index >= 15 is 0 Å². The van der Waals surface area contributed by atoms with Crippen molar-refractivity contribution in [3.63, 3.8) is 0 Å². The molecule has 0 aromatic rings. The molecule has 0 spiro atoms. The Hall–Kier alpha value is 0.540. The van der Waals surface area contributed by atoms with Gasteiger partial charge < -0.3 is 21.3 Å². The molecule has 2 aliphatic heterocycles. The normalized spacial score (nSPS) is 51.2. The summed E-state index contributed by atoms with van der Waals surface area (Å²) < 4.78 is 5.42. The van der Waals surface area contributed by atoms with Gasteiger partial charge in [0, 0.05) is 41.2 Å². The molecule has 5 N–H and O–H groups in total.